The molecule has 0 aromatic carbocycles. The minimum Gasteiger partial charge on any atom is -0.381 e. The molecule has 2 aliphatic rings. The van der Waals surface area contributed by atoms with Gasteiger partial charge < -0.3 is 15.0 Å². The van der Waals surface area contributed by atoms with Crippen molar-refractivity contribution in [3.05, 3.63) is 11.4 Å². The van der Waals surface area contributed by atoms with E-state index in [0.717, 1.165) is 69.3 Å². The number of piperidine rings is 1. The topological polar surface area (TPSA) is 63.2 Å². The number of hydrogen-bond acceptors (Lipinski definition) is 6. The normalized spacial score (nSPS) is 21.7. The van der Waals surface area contributed by atoms with Gasteiger partial charge in [-0.25, -0.2) is 4.98 Å². The van der Waals surface area contributed by atoms with Gasteiger partial charge in [-0.3, -0.25) is 0 Å². The van der Waals surface area contributed by atoms with Crippen molar-refractivity contribution in [3.8, 4) is 0 Å². The van der Waals surface area contributed by atoms with Gasteiger partial charge in [0.15, 0.2) is 0 Å². The fourth-order valence-electron chi connectivity index (χ4n) is 3.02. The quantitative estimate of drug-likeness (QED) is 0.903. The molecule has 3 heterocycles. The first-order chi connectivity index (χ1) is 10.2. The van der Waals surface area contributed by atoms with Crippen LogP contribution < -0.4 is 10.2 Å². The van der Waals surface area contributed by atoms with Gasteiger partial charge >= 0.3 is 0 Å². The number of anilines is 1. The molecule has 1 N–H and O–H groups in total. The van der Waals surface area contributed by atoms with Gasteiger partial charge in [-0.2, -0.15) is 5.10 Å². The monoisotopic (exact) mass is 291 g/mol. The van der Waals surface area contributed by atoms with Gasteiger partial charge in [-0.15, -0.1) is 5.10 Å². The maximum absolute atomic E-state index is 5.41. The molecule has 0 radical (unpaired) electrons. The summed E-state index contributed by atoms with van der Waals surface area (Å²) in [4.78, 5) is 6.80. The summed E-state index contributed by atoms with van der Waals surface area (Å²) in [6, 6.07) is 1.25. The zero-order valence-electron chi connectivity index (χ0n) is 13.0. The Morgan fingerprint density at radius 1 is 0.952 bits per heavy atom. The summed E-state index contributed by atoms with van der Waals surface area (Å²) in [7, 11) is 0. The third-order valence-corrected chi connectivity index (χ3v) is 4.55. The largest absolute Gasteiger partial charge is 0.381 e. The van der Waals surface area contributed by atoms with Crippen LogP contribution in [0.1, 0.15) is 37.1 Å². The van der Waals surface area contributed by atoms with E-state index < -0.39 is 0 Å². The predicted octanol–water partition coefficient (Wildman–Crippen LogP) is 1.23. The van der Waals surface area contributed by atoms with Gasteiger partial charge in [0.2, 0.25) is 5.95 Å². The van der Waals surface area contributed by atoms with Crippen LogP contribution in [-0.2, 0) is 4.74 Å². The van der Waals surface area contributed by atoms with E-state index in [9.17, 15) is 0 Å². The fourth-order valence-corrected chi connectivity index (χ4v) is 3.02. The Hall–Kier alpha value is -1.27. The zero-order valence-corrected chi connectivity index (χ0v) is 13.0. The highest BCUT2D eigenvalue weighted by molar-refractivity contribution is 5.30. The Bertz CT molecular complexity index is 467. The van der Waals surface area contributed by atoms with Gasteiger partial charge in [-0.05, 0) is 39.5 Å². The molecule has 6 heteroatoms. The lowest BCUT2D eigenvalue weighted by Gasteiger charge is -2.35. The molecule has 6 nitrogen and oxygen atoms in total. The number of aryl methyl sites for hydroxylation is 2. The lowest BCUT2D eigenvalue weighted by molar-refractivity contribution is 0.0738. The summed E-state index contributed by atoms with van der Waals surface area (Å²) in [5.74, 6) is 0.780. The van der Waals surface area contributed by atoms with Gasteiger partial charge in [0, 0.05) is 38.4 Å². The van der Waals surface area contributed by atoms with Crippen molar-refractivity contribution >= 4 is 5.95 Å². The van der Waals surface area contributed by atoms with Crippen molar-refractivity contribution in [1.82, 2.24) is 20.5 Å². The molecule has 0 atom stereocenters. The maximum atomic E-state index is 5.41. The molecule has 0 aliphatic carbocycles. The van der Waals surface area contributed by atoms with Crippen LogP contribution in [0.15, 0.2) is 0 Å². The Labute approximate surface area is 126 Å². The molecule has 0 amide bonds. The van der Waals surface area contributed by atoms with Crippen LogP contribution >= 0.6 is 0 Å². The number of aromatic nitrogens is 3. The van der Waals surface area contributed by atoms with E-state index >= 15 is 0 Å². The van der Waals surface area contributed by atoms with Gasteiger partial charge in [0.05, 0.1) is 11.4 Å². The van der Waals surface area contributed by atoms with Crippen molar-refractivity contribution < 1.29 is 4.74 Å². The molecule has 2 saturated heterocycles. The first-order valence-electron chi connectivity index (χ1n) is 7.99. The number of rotatable bonds is 3. The van der Waals surface area contributed by atoms with E-state index in [1.807, 2.05) is 13.8 Å². The number of ether oxygens (including phenoxy) is 1. The van der Waals surface area contributed by atoms with Gasteiger partial charge in [0.25, 0.3) is 0 Å². The van der Waals surface area contributed by atoms with Crippen molar-refractivity contribution in [3.63, 3.8) is 0 Å². The molecule has 3 rings (SSSR count). The number of nitrogens with one attached hydrogen (secondary N) is 1. The van der Waals surface area contributed by atoms with Crippen LogP contribution in [-0.4, -0.2) is 53.6 Å². The molecule has 1 aromatic heterocycles. The third-order valence-electron chi connectivity index (χ3n) is 4.55. The van der Waals surface area contributed by atoms with E-state index in [-0.39, 0.29) is 0 Å². The molecule has 0 bridgehead atoms. The van der Waals surface area contributed by atoms with E-state index in [0.29, 0.717) is 12.1 Å². The summed E-state index contributed by atoms with van der Waals surface area (Å²) in [6.45, 7) is 7.75. The SMILES string of the molecule is Cc1nnc(N2CCC(NC3CCOCC3)CC2)nc1C. The molecular weight excluding hydrogens is 266 g/mol. The highest BCUT2D eigenvalue weighted by Gasteiger charge is 2.24. The third kappa shape index (κ3) is 3.68. The molecule has 0 spiro atoms. The van der Waals surface area contributed by atoms with Crippen LogP contribution in [0, 0.1) is 13.8 Å². The molecule has 0 saturated carbocycles. The second-order valence-electron chi connectivity index (χ2n) is 6.10. The summed E-state index contributed by atoms with van der Waals surface area (Å²) < 4.78 is 5.41. The van der Waals surface area contributed by atoms with Crippen molar-refractivity contribution in [2.24, 2.45) is 0 Å². The zero-order chi connectivity index (χ0) is 14.7. The van der Waals surface area contributed by atoms with Crippen LogP contribution in [0.3, 0.4) is 0 Å². The first-order valence-corrected chi connectivity index (χ1v) is 7.99. The lowest BCUT2D eigenvalue weighted by atomic mass is 10.0. The van der Waals surface area contributed by atoms with E-state index in [2.05, 4.69) is 25.4 Å². The molecular formula is C15H25N5O. The van der Waals surface area contributed by atoms with Crippen LogP contribution in [0.4, 0.5) is 5.95 Å². The van der Waals surface area contributed by atoms with Crippen molar-refractivity contribution in [1.29, 1.82) is 0 Å². The lowest BCUT2D eigenvalue weighted by Crippen LogP contribution is -2.48. The maximum Gasteiger partial charge on any atom is 0.245 e. The fraction of sp³-hybridized carbons (Fsp3) is 0.800. The minimum absolute atomic E-state index is 0.615. The Morgan fingerprint density at radius 3 is 2.29 bits per heavy atom. The Morgan fingerprint density at radius 2 is 1.62 bits per heavy atom. The van der Waals surface area contributed by atoms with Crippen molar-refractivity contribution in [2.45, 2.75) is 51.6 Å². The Balaban J connectivity index is 1.51. The molecule has 0 unspecified atom stereocenters. The Kier molecular flexibility index (Phi) is 4.65. The molecule has 2 fully saturated rings. The molecule has 1 aromatic rings. The number of hydrogen-bond donors (Lipinski definition) is 1. The van der Waals surface area contributed by atoms with E-state index in [1.165, 1.54) is 0 Å². The summed E-state index contributed by atoms with van der Waals surface area (Å²) >= 11 is 0. The van der Waals surface area contributed by atoms with Crippen molar-refractivity contribution in [2.75, 3.05) is 31.2 Å². The molecule has 116 valence electrons. The van der Waals surface area contributed by atoms with E-state index in [1.54, 1.807) is 0 Å². The first kappa shape index (κ1) is 14.7. The summed E-state index contributed by atoms with van der Waals surface area (Å²) in [5.41, 5.74) is 1.89. The van der Waals surface area contributed by atoms with Crippen LogP contribution in [0.25, 0.3) is 0 Å². The molecule has 21 heavy (non-hydrogen) atoms. The van der Waals surface area contributed by atoms with E-state index in [4.69, 9.17) is 4.74 Å². The highest BCUT2D eigenvalue weighted by atomic mass is 16.5. The average molecular weight is 291 g/mol. The standard InChI is InChI=1S/C15H25N5O/c1-11-12(2)18-19-15(16-11)20-7-3-13(4-8-20)17-14-5-9-21-10-6-14/h13-14,17H,3-10H2,1-2H3. The summed E-state index contributed by atoms with van der Waals surface area (Å²) in [6.07, 6.45) is 4.58. The second kappa shape index (κ2) is 6.66. The molecule has 2 aliphatic heterocycles. The smallest absolute Gasteiger partial charge is 0.245 e. The number of nitrogens with zero attached hydrogens (tertiary/aromatic N) is 4. The predicted molar refractivity (Wildman–Crippen MR) is 81.5 cm³/mol. The minimum atomic E-state index is 0.615. The van der Waals surface area contributed by atoms with Gasteiger partial charge in [0.1, 0.15) is 0 Å². The highest BCUT2D eigenvalue weighted by Crippen LogP contribution is 2.18. The second-order valence-corrected chi connectivity index (χ2v) is 6.10. The average Bonchev–Trinajstić information content (AvgIpc) is 2.52. The van der Waals surface area contributed by atoms with Gasteiger partial charge in [-0.1, -0.05) is 0 Å². The van der Waals surface area contributed by atoms with Crippen LogP contribution in [0.5, 0.6) is 0 Å². The van der Waals surface area contributed by atoms with Crippen LogP contribution in [0.2, 0.25) is 0 Å². The summed E-state index contributed by atoms with van der Waals surface area (Å²) in [5, 5.41) is 12.2.